The normalized spacial score (nSPS) is 28.3. The highest BCUT2D eigenvalue weighted by molar-refractivity contribution is 4.96. The summed E-state index contributed by atoms with van der Waals surface area (Å²) in [5, 5.41) is 2.42. The van der Waals surface area contributed by atoms with Gasteiger partial charge in [0.1, 0.15) is 6.04 Å². The average molecular weight is 164 g/mol. The highest BCUT2D eigenvalue weighted by Crippen LogP contribution is 2.03. The fourth-order valence-electron chi connectivity index (χ4n) is 1.66. The fraction of sp³-hybridized carbons (Fsp3) is 0.455. The highest BCUT2D eigenvalue weighted by Gasteiger charge is 2.17. The lowest BCUT2D eigenvalue weighted by Gasteiger charge is -2.21. The molecular formula is C11H18N+. The standard InChI is InChI=1S/C11H17N/c1-3-6-10-8-5-9-11(12-10)7-4-2/h3-5,8,10-12H,1-2,6-7,9H2/p+1/t10-,11+/m1/s1. The molecule has 1 aliphatic heterocycles. The van der Waals surface area contributed by atoms with E-state index < -0.39 is 0 Å². The molecule has 2 N–H and O–H groups in total. The second kappa shape index (κ2) is 4.94. The number of quaternary nitrogens is 1. The van der Waals surface area contributed by atoms with Crippen LogP contribution in [0.5, 0.6) is 0 Å². The summed E-state index contributed by atoms with van der Waals surface area (Å²) in [4.78, 5) is 0. The van der Waals surface area contributed by atoms with E-state index >= 15 is 0 Å². The molecule has 0 aromatic rings. The molecule has 0 aromatic heterocycles. The first-order valence-corrected chi connectivity index (χ1v) is 4.60. The molecule has 0 bridgehead atoms. The van der Waals surface area contributed by atoms with E-state index in [1.54, 1.807) is 0 Å². The van der Waals surface area contributed by atoms with Crippen molar-refractivity contribution in [3.63, 3.8) is 0 Å². The smallest absolute Gasteiger partial charge is 0.108 e. The van der Waals surface area contributed by atoms with Gasteiger partial charge in [0.15, 0.2) is 0 Å². The molecule has 1 heteroatoms. The summed E-state index contributed by atoms with van der Waals surface area (Å²) >= 11 is 0. The summed E-state index contributed by atoms with van der Waals surface area (Å²) in [5.41, 5.74) is 0. The predicted molar refractivity (Wildman–Crippen MR) is 52.9 cm³/mol. The lowest BCUT2D eigenvalue weighted by molar-refractivity contribution is -0.713. The van der Waals surface area contributed by atoms with Crippen molar-refractivity contribution in [3.05, 3.63) is 37.5 Å². The van der Waals surface area contributed by atoms with Crippen LogP contribution >= 0.6 is 0 Å². The summed E-state index contributed by atoms with van der Waals surface area (Å²) in [6.45, 7) is 7.51. The summed E-state index contributed by atoms with van der Waals surface area (Å²) in [6.07, 6.45) is 11.9. The van der Waals surface area contributed by atoms with E-state index in [0.717, 1.165) is 12.8 Å². The Labute approximate surface area is 74.9 Å². The van der Waals surface area contributed by atoms with Gasteiger partial charge in [-0.1, -0.05) is 18.2 Å². The van der Waals surface area contributed by atoms with Gasteiger partial charge >= 0.3 is 0 Å². The maximum Gasteiger partial charge on any atom is 0.108 e. The molecule has 1 rings (SSSR count). The Kier molecular flexibility index (Phi) is 3.81. The van der Waals surface area contributed by atoms with Crippen molar-refractivity contribution >= 4 is 0 Å². The van der Waals surface area contributed by atoms with Gasteiger partial charge < -0.3 is 5.32 Å². The molecule has 0 saturated heterocycles. The molecule has 2 atom stereocenters. The van der Waals surface area contributed by atoms with E-state index in [1.165, 1.54) is 6.42 Å². The van der Waals surface area contributed by atoms with E-state index in [1.807, 2.05) is 12.2 Å². The van der Waals surface area contributed by atoms with Crippen molar-refractivity contribution in [2.24, 2.45) is 0 Å². The molecule has 1 heterocycles. The van der Waals surface area contributed by atoms with Gasteiger partial charge in [-0.15, -0.1) is 13.2 Å². The molecule has 12 heavy (non-hydrogen) atoms. The zero-order valence-electron chi connectivity index (χ0n) is 7.58. The van der Waals surface area contributed by atoms with E-state index in [-0.39, 0.29) is 0 Å². The number of nitrogens with two attached hydrogens (primary N) is 1. The van der Waals surface area contributed by atoms with Crippen LogP contribution in [0.1, 0.15) is 19.3 Å². The molecule has 0 aromatic carbocycles. The van der Waals surface area contributed by atoms with E-state index in [0.29, 0.717) is 12.1 Å². The Morgan fingerprint density at radius 1 is 1.33 bits per heavy atom. The van der Waals surface area contributed by atoms with Gasteiger partial charge in [0, 0.05) is 19.3 Å². The van der Waals surface area contributed by atoms with Gasteiger partial charge in [-0.2, -0.15) is 0 Å². The van der Waals surface area contributed by atoms with Gasteiger partial charge in [-0.05, 0) is 6.08 Å². The highest BCUT2D eigenvalue weighted by atomic mass is 14.9. The number of rotatable bonds is 4. The van der Waals surface area contributed by atoms with Crippen LogP contribution in [0, 0.1) is 0 Å². The van der Waals surface area contributed by atoms with Crippen LogP contribution in [-0.2, 0) is 0 Å². The van der Waals surface area contributed by atoms with Gasteiger partial charge in [-0.25, -0.2) is 0 Å². The van der Waals surface area contributed by atoms with Gasteiger partial charge in [0.2, 0.25) is 0 Å². The minimum absolute atomic E-state index is 0.612. The third-order valence-corrected chi connectivity index (χ3v) is 2.25. The van der Waals surface area contributed by atoms with Gasteiger partial charge in [0.05, 0.1) is 6.04 Å². The average Bonchev–Trinajstić information content (AvgIpc) is 2.06. The number of hydrogen-bond acceptors (Lipinski definition) is 0. The van der Waals surface area contributed by atoms with Crippen LogP contribution in [0.2, 0.25) is 0 Å². The van der Waals surface area contributed by atoms with Crippen molar-refractivity contribution in [1.29, 1.82) is 0 Å². The van der Waals surface area contributed by atoms with E-state index in [2.05, 4.69) is 30.6 Å². The topological polar surface area (TPSA) is 16.6 Å². The van der Waals surface area contributed by atoms with Crippen LogP contribution in [0.15, 0.2) is 37.5 Å². The zero-order chi connectivity index (χ0) is 8.81. The minimum atomic E-state index is 0.612. The first kappa shape index (κ1) is 9.27. The lowest BCUT2D eigenvalue weighted by Crippen LogP contribution is -2.95. The second-order valence-corrected chi connectivity index (χ2v) is 3.33. The molecule has 1 aliphatic rings. The van der Waals surface area contributed by atoms with Gasteiger partial charge in [0.25, 0.3) is 0 Å². The minimum Gasteiger partial charge on any atom is -0.337 e. The second-order valence-electron chi connectivity index (χ2n) is 3.33. The molecular weight excluding hydrogens is 146 g/mol. The van der Waals surface area contributed by atoms with Gasteiger partial charge in [-0.3, -0.25) is 0 Å². The first-order valence-electron chi connectivity index (χ1n) is 4.60. The third kappa shape index (κ3) is 2.67. The molecule has 0 aliphatic carbocycles. The maximum atomic E-state index is 3.76. The van der Waals surface area contributed by atoms with Crippen LogP contribution in [0.4, 0.5) is 0 Å². The Morgan fingerprint density at radius 2 is 2.08 bits per heavy atom. The lowest BCUT2D eigenvalue weighted by atomic mass is 10.0. The largest absolute Gasteiger partial charge is 0.337 e. The van der Waals surface area contributed by atoms with Crippen molar-refractivity contribution < 1.29 is 5.32 Å². The summed E-state index contributed by atoms with van der Waals surface area (Å²) in [6, 6.07) is 1.32. The van der Waals surface area contributed by atoms with Crippen molar-refractivity contribution in [2.45, 2.75) is 31.3 Å². The van der Waals surface area contributed by atoms with Crippen LogP contribution in [0.25, 0.3) is 0 Å². The molecule has 0 fully saturated rings. The maximum absolute atomic E-state index is 3.76. The molecule has 0 saturated carbocycles. The van der Waals surface area contributed by atoms with Crippen LogP contribution in [-0.4, -0.2) is 12.1 Å². The van der Waals surface area contributed by atoms with Crippen LogP contribution < -0.4 is 5.32 Å². The first-order chi connectivity index (χ1) is 5.86. The summed E-state index contributed by atoms with van der Waals surface area (Å²) in [5.74, 6) is 0. The monoisotopic (exact) mass is 164 g/mol. The quantitative estimate of drug-likeness (QED) is 0.605. The Bertz CT molecular complexity index is 181. The molecule has 66 valence electrons. The van der Waals surface area contributed by atoms with Crippen molar-refractivity contribution in [2.75, 3.05) is 0 Å². The van der Waals surface area contributed by atoms with Crippen molar-refractivity contribution in [1.82, 2.24) is 0 Å². The third-order valence-electron chi connectivity index (χ3n) is 2.25. The zero-order valence-corrected chi connectivity index (χ0v) is 7.58. The fourth-order valence-corrected chi connectivity index (χ4v) is 1.66. The predicted octanol–water partition coefficient (Wildman–Crippen LogP) is 1.40. The van der Waals surface area contributed by atoms with Crippen LogP contribution in [0.3, 0.4) is 0 Å². The SMILES string of the molecule is C=CC[C@H]1CC=C[C@@H](CC=C)[NH2+]1. The molecule has 0 amide bonds. The number of hydrogen-bond donors (Lipinski definition) is 1. The molecule has 0 unspecified atom stereocenters. The summed E-state index contributed by atoms with van der Waals surface area (Å²) in [7, 11) is 0. The summed E-state index contributed by atoms with van der Waals surface area (Å²) < 4.78 is 0. The molecule has 0 spiro atoms. The Hall–Kier alpha value is -0.820. The Morgan fingerprint density at radius 3 is 2.75 bits per heavy atom. The van der Waals surface area contributed by atoms with E-state index in [9.17, 15) is 0 Å². The van der Waals surface area contributed by atoms with Crippen molar-refractivity contribution in [3.8, 4) is 0 Å². The van der Waals surface area contributed by atoms with E-state index in [4.69, 9.17) is 0 Å². The molecule has 0 radical (unpaired) electrons. The Balaban J connectivity index is 2.38. The molecule has 1 nitrogen and oxygen atoms in total.